The van der Waals surface area contributed by atoms with E-state index in [9.17, 15) is 4.79 Å². The van der Waals surface area contributed by atoms with E-state index in [-0.39, 0.29) is 11.9 Å². The molecule has 0 bridgehead atoms. The number of halogens is 1. The van der Waals surface area contributed by atoms with E-state index < -0.39 is 0 Å². The second-order valence-electron chi connectivity index (χ2n) is 4.85. The summed E-state index contributed by atoms with van der Waals surface area (Å²) in [5, 5.41) is 3.09. The Labute approximate surface area is 117 Å². The Morgan fingerprint density at radius 1 is 1.24 bits per heavy atom. The molecule has 1 aromatic carbocycles. The second-order valence-corrected chi connectivity index (χ2v) is 5.74. The van der Waals surface area contributed by atoms with Crippen molar-refractivity contribution in [3.8, 4) is 0 Å². The van der Waals surface area contributed by atoms with E-state index in [0.29, 0.717) is 5.92 Å². The molecular formula is C14H20INO. The summed E-state index contributed by atoms with van der Waals surface area (Å²) in [5.74, 6) is 0.494. The SMILES string of the molecule is Cc1cc(C)cc(C(=O)NC(CI)C(C)C)c1. The normalized spacial score (nSPS) is 12.6. The average Bonchev–Trinajstić information content (AvgIpc) is 2.23. The number of amides is 1. The van der Waals surface area contributed by atoms with Gasteiger partial charge in [0.15, 0.2) is 0 Å². The number of carbonyl (C=O) groups excluding carboxylic acids is 1. The number of carbonyl (C=O) groups is 1. The Hall–Kier alpha value is -0.580. The number of aryl methyl sites for hydroxylation is 2. The molecule has 0 heterocycles. The number of hydrogen-bond donors (Lipinski definition) is 1. The Kier molecular flexibility index (Phi) is 5.43. The molecule has 0 aliphatic carbocycles. The lowest BCUT2D eigenvalue weighted by Crippen LogP contribution is -2.39. The summed E-state index contributed by atoms with van der Waals surface area (Å²) in [4.78, 5) is 12.1. The van der Waals surface area contributed by atoms with Gasteiger partial charge in [-0.15, -0.1) is 0 Å². The van der Waals surface area contributed by atoms with Crippen LogP contribution in [0.1, 0.15) is 35.3 Å². The van der Waals surface area contributed by atoms with Gasteiger partial charge in [-0.3, -0.25) is 4.79 Å². The molecule has 3 heteroatoms. The predicted octanol–water partition coefficient (Wildman–Crippen LogP) is 3.49. The molecule has 0 aromatic heterocycles. The first-order chi connectivity index (χ1) is 7.93. The summed E-state index contributed by atoms with van der Waals surface area (Å²) in [7, 11) is 0. The largest absolute Gasteiger partial charge is 0.348 e. The quantitative estimate of drug-likeness (QED) is 0.657. The molecule has 1 N–H and O–H groups in total. The minimum Gasteiger partial charge on any atom is -0.348 e. The van der Waals surface area contributed by atoms with Gasteiger partial charge < -0.3 is 5.32 Å². The average molecular weight is 345 g/mol. The number of hydrogen-bond acceptors (Lipinski definition) is 1. The third-order valence-corrected chi connectivity index (χ3v) is 3.72. The summed E-state index contributed by atoms with van der Waals surface area (Å²) < 4.78 is 0.936. The third-order valence-electron chi connectivity index (χ3n) is 2.77. The zero-order chi connectivity index (χ0) is 13.0. The molecule has 0 radical (unpaired) electrons. The van der Waals surface area contributed by atoms with Crippen molar-refractivity contribution in [2.45, 2.75) is 33.7 Å². The van der Waals surface area contributed by atoms with Crippen molar-refractivity contribution in [1.29, 1.82) is 0 Å². The van der Waals surface area contributed by atoms with Gasteiger partial charge in [0.05, 0.1) is 0 Å². The van der Waals surface area contributed by atoms with Crippen LogP contribution in [0.4, 0.5) is 0 Å². The zero-order valence-corrected chi connectivity index (χ0v) is 13.0. The van der Waals surface area contributed by atoms with Crippen LogP contribution in [-0.4, -0.2) is 16.4 Å². The van der Waals surface area contributed by atoms with Gasteiger partial charge in [0.25, 0.3) is 5.91 Å². The summed E-state index contributed by atoms with van der Waals surface area (Å²) in [6.45, 7) is 8.29. The van der Waals surface area contributed by atoms with Gasteiger partial charge in [-0.05, 0) is 31.9 Å². The molecule has 17 heavy (non-hydrogen) atoms. The molecular weight excluding hydrogens is 325 g/mol. The van der Waals surface area contributed by atoms with E-state index in [0.717, 1.165) is 21.1 Å². The van der Waals surface area contributed by atoms with Gasteiger partial charge in [0, 0.05) is 16.0 Å². The Morgan fingerprint density at radius 2 is 1.76 bits per heavy atom. The van der Waals surface area contributed by atoms with Crippen molar-refractivity contribution in [3.63, 3.8) is 0 Å². The van der Waals surface area contributed by atoms with Gasteiger partial charge in [0.1, 0.15) is 0 Å². The van der Waals surface area contributed by atoms with Gasteiger partial charge in [0.2, 0.25) is 0 Å². The van der Waals surface area contributed by atoms with E-state index in [2.05, 4.69) is 47.8 Å². The minimum atomic E-state index is 0.0344. The molecule has 1 aromatic rings. The number of rotatable bonds is 4. The first-order valence-corrected chi connectivity index (χ1v) is 7.41. The summed E-state index contributed by atoms with van der Waals surface area (Å²) in [5.41, 5.74) is 3.02. The lowest BCUT2D eigenvalue weighted by Gasteiger charge is -2.20. The molecule has 94 valence electrons. The molecule has 1 atom stereocenters. The molecule has 1 amide bonds. The fraction of sp³-hybridized carbons (Fsp3) is 0.500. The summed E-state index contributed by atoms with van der Waals surface area (Å²) in [6, 6.07) is 6.19. The van der Waals surface area contributed by atoms with Crippen LogP contribution < -0.4 is 5.32 Å². The van der Waals surface area contributed by atoms with Gasteiger partial charge in [-0.25, -0.2) is 0 Å². The first-order valence-electron chi connectivity index (χ1n) is 5.89. The van der Waals surface area contributed by atoms with Crippen molar-refractivity contribution >= 4 is 28.5 Å². The van der Waals surface area contributed by atoms with Crippen LogP contribution in [0.5, 0.6) is 0 Å². The Morgan fingerprint density at radius 3 is 2.18 bits per heavy atom. The maximum Gasteiger partial charge on any atom is 0.251 e. The van der Waals surface area contributed by atoms with Crippen molar-refractivity contribution < 1.29 is 4.79 Å². The summed E-state index contributed by atoms with van der Waals surface area (Å²) in [6.07, 6.45) is 0. The van der Waals surface area contributed by atoms with Crippen LogP contribution in [0.25, 0.3) is 0 Å². The number of nitrogens with one attached hydrogen (secondary N) is 1. The highest BCUT2D eigenvalue weighted by Gasteiger charge is 2.16. The van der Waals surface area contributed by atoms with E-state index in [4.69, 9.17) is 0 Å². The van der Waals surface area contributed by atoms with E-state index >= 15 is 0 Å². The fourth-order valence-corrected chi connectivity index (χ4v) is 2.98. The Balaban J connectivity index is 2.82. The van der Waals surface area contributed by atoms with Crippen LogP contribution in [0.3, 0.4) is 0 Å². The lowest BCUT2D eigenvalue weighted by atomic mass is 10.0. The summed E-state index contributed by atoms with van der Waals surface area (Å²) >= 11 is 2.32. The highest BCUT2D eigenvalue weighted by Crippen LogP contribution is 2.11. The predicted molar refractivity (Wildman–Crippen MR) is 80.9 cm³/mol. The van der Waals surface area contributed by atoms with Crippen molar-refractivity contribution in [3.05, 3.63) is 34.9 Å². The molecule has 0 aliphatic heterocycles. The second kappa shape index (κ2) is 6.38. The standard InChI is InChI=1S/C14H20INO/c1-9(2)13(8-15)16-14(17)12-6-10(3)5-11(4)7-12/h5-7,9,13H,8H2,1-4H3,(H,16,17). The fourth-order valence-electron chi connectivity index (χ4n) is 1.74. The van der Waals surface area contributed by atoms with Gasteiger partial charge in [-0.2, -0.15) is 0 Å². The monoisotopic (exact) mass is 345 g/mol. The number of alkyl halides is 1. The third kappa shape index (κ3) is 4.30. The van der Waals surface area contributed by atoms with Crippen molar-refractivity contribution in [2.24, 2.45) is 5.92 Å². The van der Waals surface area contributed by atoms with Crippen molar-refractivity contribution in [2.75, 3.05) is 4.43 Å². The zero-order valence-electron chi connectivity index (χ0n) is 10.9. The molecule has 0 aliphatic rings. The molecule has 0 spiro atoms. The number of benzene rings is 1. The maximum atomic E-state index is 12.1. The van der Waals surface area contributed by atoms with Crippen LogP contribution in [-0.2, 0) is 0 Å². The van der Waals surface area contributed by atoms with E-state index in [1.54, 1.807) is 0 Å². The maximum absolute atomic E-state index is 12.1. The molecule has 1 rings (SSSR count). The Bertz CT molecular complexity index is 381. The highest BCUT2D eigenvalue weighted by molar-refractivity contribution is 14.1. The van der Waals surface area contributed by atoms with E-state index in [1.807, 2.05) is 26.0 Å². The smallest absolute Gasteiger partial charge is 0.251 e. The van der Waals surface area contributed by atoms with Gasteiger partial charge >= 0.3 is 0 Å². The topological polar surface area (TPSA) is 29.1 Å². The first kappa shape index (κ1) is 14.5. The minimum absolute atomic E-state index is 0.0344. The van der Waals surface area contributed by atoms with E-state index in [1.165, 1.54) is 0 Å². The van der Waals surface area contributed by atoms with Gasteiger partial charge in [-0.1, -0.05) is 53.6 Å². The molecule has 2 nitrogen and oxygen atoms in total. The lowest BCUT2D eigenvalue weighted by molar-refractivity contribution is 0.0932. The van der Waals surface area contributed by atoms with Crippen molar-refractivity contribution in [1.82, 2.24) is 5.32 Å². The van der Waals surface area contributed by atoms with Crippen LogP contribution in [0, 0.1) is 19.8 Å². The molecule has 0 saturated heterocycles. The van der Waals surface area contributed by atoms with Crippen LogP contribution in [0.2, 0.25) is 0 Å². The highest BCUT2D eigenvalue weighted by atomic mass is 127. The molecule has 0 fully saturated rings. The molecule has 1 unspecified atom stereocenters. The van der Waals surface area contributed by atoms with Crippen LogP contribution in [0.15, 0.2) is 18.2 Å². The molecule has 0 saturated carbocycles. The van der Waals surface area contributed by atoms with Crippen LogP contribution >= 0.6 is 22.6 Å².